The van der Waals surface area contributed by atoms with Crippen molar-refractivity contribution in [3.05, 3.63) is 28.2 Å². The van der Waals surface area contributed by atoms with Gasteiger partial charge in [0.2, 0.25) is 0 Å². The van der Waals surface area contributed by atoms with Crippen LogP contribution in [0.3, 0.4) is 0 Å². The van der Waals surface area contributed by atoms with Crippen molar-refractivity contribution in [3.63, 3.8) is 0 Å². The van der Waals surface area contributed by atoms with E-state index in [4.69, 9.17) is 0 Å². The van der Waals surface area contributed by atoms with Gasteiger partial charge in [0.1, 0.15) is 5.75 Å². The zero-order valence-electron chi connectivity index (χ0n) is 11.0. The summed E-state index contributed by atoms with van der Waals surface area (Å²) in [7, 11) is 0. The minimum Gasteiger partial charge on any atom is -0.508 e. The molecule has 1 aliphatic carbocycles. The normalized spacial score (nSPS) is 24.1. The van der Waals surface area contributed by atoms with E-state index in [1.54, 1.807) is 6.07 Å². The zero-order chi connectivity index (χ0) is 13.0. The Morgan fingerprint density at radius 3 is 3.00 bits per heavy atom. The van der Waals surface area contributed by atoms with Crippen LogP contribution in [0.5, 0.6) is 5.75 Å². The molecule has 0 radical (unpaired) electrons. The second-order valence-corrected chi connectivity index (χ2v) is 6.46. The van der Waals surface area contributed by atoms with Crippen molar-refractivity contribution in [2.75, 3.05) is 6.54 Å². The largest absolute Gasteiger partial charge is 0.508 e. The van der Waals surface area contributed by atoms with Gasteiger partial charge >= 0.3 is 0 Å². The number of benzene rings is 1. The van der Waals surface area contributed by atoms with Crippen LogP contribution in [0.1, 0.15) is 38.2 Å². The highest BCUT2D eigenvalue weighted by atomic mass is 79.9. The van der Waals surface area contributed by atoms with Gasteiger partial charge in [-0.2, -0.15) is 0 Å². The van der Waals surface area contributed by atoms with E-state index in [0.717, 1.165) is 35.0 Å². The molecule has 2 rings (SSSR count). The molecule has 2 unspecified atom stereocenters. The van der Waals surface area contributed by atoms with Crippen LogP contribution in [0.4, 0.5) is 0 Å². The first-order chi connectivity index (χ1) is 8.65. The van der Waals surface area contributed by atoms with Gasteiger partial charge in [-0.3, -0.25) is 0 Å². The van der Waals surface area contributed by atoms with Crippen LogP contribution in [0.15, 0.2) is 22.7 Å². The molecular formula is C15H22BrNO. The van der Waals surface area contributed by atoms with Crippen molar-refractivity contribution in [2.24, 2.45) is 11.8 Å². The van der Waals surface area contributed by atoms with Gasteiger partial charge in [-0.05, 0) is 49.4 Å². The molecule has 1 aromatic rings. The van der Waals surface area contributed by atoms with E-state index in [1.165, 1.54) is 25.7 Å². The predicted molar refractivity (Wildman–Crippen MR) is 78.6 cm³/mol. The Bertz CT molecular complexity index is 394. The molecule has 1 saturated carbocycles. The monoisotopic (exact) mass is 311 g/mol. The van der Waals surface area contributed by atoms with Crippen LogP contribution >= 0.6 is 15.9 Å². The van der Waals surface area contributed by atoms with E-state index in [-0.39, 0.29) is 0 Å². The Morgan fingerprint density at radius 1 is 1.39 bits per heavy atom. The molecule has 1 aliphatic rings. The molecule has 0 bridgehead atoms. The zero-order valence-corrected chi connectivity index (χ0v) is 12.5. The molecule has 0 saturated heterocycles. The van der Waals surface area contributed by atoms with E-state index in [9.17, 15) is 5.11 Å². The molecule has 1 aromatic carbocycles. The average Bonchev–Trinajstić information content (AvgIpc) is 2.34. The molecule has 100 valence electrons. The van der Waals surface area contributed by atoms with Crippen molar-refractivity contribution >= 4 is 15.9 Å². The second kappa shape index (κ2) is 6.58. The van der Waals surface area contributed by atoms with Crippen molar-refractivity contribution in [1.29, 1.82) is 0 Å². The van der Waals surface area contributed by atoms with Gasteiger partial charge < -0.3 is 10.4 Å². The fourth-order valence-corrected chi connectivity index (χ4v) is 3.26. The lowest BCUT2D eigenvalue weighted by Crippen LogP contribution is -2.26. The van der Waals surface area contributed by atoms with Crippen LogP contribution in [0.2, 0.25) is 0 Å². The Hall–Kier alpha value is -0.540. The highest BCUT2D eigenvalue weighted by molar-refractivity contribution is 9.10. The summed E-state index contributed by atoms with van der Waals surface area (Å²) < 4.78 is 1.02. The van der Waals surface area contributed by atoms with Crippen LogP contribution in [0, 0.1) is 11.8 Å². The predicted octanol–water partition coefficient (Wildman–Crippen LogP) is 4.07. The summed E-state index contributed by atoms with van der Waals surface area (Å²) in [5.74, 6) is 2.07. The summed E-state index contributed by atoms with van der Waals surface area (Å²) >= 11 is 3.43. The smallest absolute Gasteiger partial charge is 0.120 e. The molecule has 0 heterocycles. The van der Waals surface area contributed by atoms with Crippen molar-refractivity contribution in [2.45, 2.75) is 39.2 Å². The topological polar surface area (TPSA) is 32.3 Å². The Labute approximate surface area is 118 Å². The van der Waals surface area contributed by atoms with E-state index in [1.807, 2.05) is 12.1 Å². The maximum absolute atomic E-state index is 9.75. The average molecular weight is 312 g/mol. The van der Waals surface area contributed by atoms with Crippen LogP contribution in [0.25, 0.3) is 0 Å². The van der Waals surface area contributed by atoms with Gasteiger partial charge in [-0.1, -0.05) is 35.7 Å². The van der Waals surface area contributed by atoms with Crippen molar-refractivity contribution < 1.29 is 5.11 Å². The lowest BCUT2D eigenvalue weighted by Gasteiger charge is -2.26. The molecule has 1 fully saturated rings. The maximum atomic E-state index is 9.75. The number of phenolic OH excluding ortho intramolecular Hbond substituents is 1. The van der Waals surface area contributed by atoms with E-state index in [2.05, 4.69) is 28.2 Å². The van der Waals surface area contributed by atoms with Crippen molar-refractivity contribution in [3.8, 4) is 5.75 Å². The molecular weight excluding hydrogens is 290 g/mol. The summed E-state index contributed by atoms with van der Waals surface area (Å²) in [6.45, 7) is 4.17. The number of halogens is 1. The fraction of sp³-hybridized carbons (Fsp3) is 0.600. The highest BCUT2D eigenvalue weighted by Crippen LogP contribution is 2.28. The molecule has 0 aromatic heterocycles. The van der Waals surface area contributed by atoms with E-state index >= 15 is 0 Å². The third kappa shape index (κ3) is 3.99. The second-order valence-electron chi connectivity index (χ2n) is 5.54. The van der Waals surface area contributed by atoms with Gasteiger partial charge in [0.15, 0.2) is 0 Å². The van der Waals surface area contributed by atoms with Gasteiger partial charge in [-0.25, -0.2) is 0 Å². The van der Waals surface area contributed by atoms with Crippen molar-refractivity contribution in [1.82, 2.24) is 5.32 Å². The molecule has 2 N–H and O–H groups in total. The molecule has 3 heteroatoms. The minimum absolute atomic E-state index is 0.378. The molecule has 2 nitrogen and oxygen atoms in total. The first kappa shape index (κ1) is 13.9. The Kier molecular flexibility index (Phi) is 5.07. The summed E-state index contributed by atoms with van der Waals surface area (Å²) in [5, 5.41) is 13.2. The number of hydrogen-bond donors (Lipinski definition) is 2. The van der Waals surface area contributed by atoms with Gasteiger partial charge in [0.25, 0.3) is 0 Å². The summed E-state index contributed by atoms with van der Waals surface area (Å²) in [4.78, 5) is 0. The summed E-state index contributed by atoms with van der Waals surface area (Å²) in [5.41, 5.74) is 0.966. The highest BCUT2D eigenvalue weighted by Gasteiger charge is 2.18. The van der Waals surface area contributed by atoms with Gasteiger partial charge in [0.05, 0.1) is 0 Å². The van der Waals surface area contributed by atoms with Crippen LogP contribution < -0.4 is 5.32 Å². The number of nitrogens with one attached hydrogen (secondary N) is 1. The van der Waals surface area contributed by atoms with Crippen LogP contribution in [-0.2, 0) is 6.54 Å². The summed E-state index contributed by atoms with van der Waals surface area (Å²) in [6, 6.07) is 5.58. The van der Waals surface area contributed by atoms with E-state index < -0.39 is 0 Å². The fourth-order valence-electron chi connectivity index (χ4n) is 2.85. The third-order valence-electron chi connectivity index (χ3n) is 3.84. The molecule has 0 spiro atoms. The van der Waals surface area contributed by atoms with Gasteiger partial charge in [0, 0.05) is 16.6 Å². The van der Waals surface area contributed by atoms with E-state index in [0.29, 0.717) is 5.75 Å². The SMILES string of the molecule is CC1CCCC(CNCc2cc(Br)ccc2O)C1. The Morgan fingerprint density at radius 2 is 2.22 bits per heavy atom. The number of hydrogen-bond acceptors (Lipinski definition) is 2. The number of phenols is 1. The minimum atomic E-state index is 0.378. The molecule has 2 atom stereocenters. The maximum Gasteiger partial charge on any atom is 0.120 e. The van der Waals surface area contributed by atoms with Crippen LogP contribution in [-0.4, -0.2) is 11.7 Å². The number of rotatable bonds is 4. The first-order valence-electron chi connectivity index (χ1n) is 6.83. The Balaban J connectivity index is 1.79. The molecule has 0 aliphatic heterocycles. The lowest BCUT2D eigenvalue weighted by atomic mass is 9.82. The molecule has 0 amide bonds. The lowest BCUT2D eigenvalue weighted by molar-refractivity contribution is 0.274. The summed E-state index contributed by atoms with van der Waals surface area (Å²) in [6.07, 6.45) is 5.46. The third-order valence-corrected chi connectivity index (χ3v) is 4.33. The quantitative estimate of drug-likeness (QED) is 0.878. The molecule has 18 heavy (non-hydrogen) atoms. The van der Waals surface area contributed by atoms with Gasteiger partial charge in [-0.15, -0.1) is 0 Å². The number of aromatic hydroxyl groups is 1. The first-order valence-corrected chi connectivity index (χ1v) is 7.62. The standard InChI is InChI=1S/C15H22BrNO/c1-11-3-2-4-12(7-11)9-17-10-13-8-14(16)5-6-15(13)18/h5-6,8,11-12,17-18H,2-4,7,9-10H2,1H3.